The van der Waals surface area contributed by atoms with E-state index in [1.165, 1.54) is 0 Å². The van der Waals surface area contributed by atoms with Gasteiger partial charge in [-0.25, -0.2) is 0 Å². The third kappa shape index (κ3) is 5.16. The number of aromatic nitrogens is 3. The average Bonchev–Trinajstić information content (AvgIpc) is 3.64. The first-order valence-corrected chi connectivity index (χ1v) is 13.5. The Kier molecular flexibility index (Phi) is 7.48. The molecule has 1 aromatic carbocycles. The second kappa shape index (κ2) is 11.0. The number of amides is 1. The first-order chi connectivity index (χ1) is 18.4. The third-order valence-corrected chi connectivity index (χ3v) is 7.71. The summed E-state index contributed by atoms with van der Waals surface area (Å²) in [6.07, 6.45) is 6.34. The van der Waals surface area contributed by atoms with Crippen molar-refractivity contribution in [2.75, 3.05) is 13.1 Å². The number of likely N-dealkylation sites (tertiary alicyclic amines) is 1. The summed E-state index contributed by atoms with van der Waals surface area (Å²) < 4.78 is 1.62. The average molecular weight is 532 g/mol. The fraction of sp³-hybridized carbons (Fsp3) is 0.414. The Labute approximate surface area is 226 Å². The summed E-state index contributed by atoms with van der Waals surface area (Å²) in [7, 11) is 0. The van der Waals surface area contributed by atoms with Crippen LogP contribution in [0.5, 0.6) is 5.88 Å². The molecule has 196 valence electrons. The van der Waals surface area contributed by atoms with Crippen LogP contribution in [0.3, 0.4) is 0 Å². The predicted molar refractivity (Wildman–Crippen MR) is 143 cm³/mol. The highest BCUT2D eigenvalue weighted by atomic mass is 35.5. The highest BCUT2D eigenvalue weighted by molar-refractivity contribution is 6.30. The zero-order valence-electron chi connectivity index (χ0n) is 21.3. The van der Waals surface area contributed by atoms with Crippen LogP contribution in [0.25, 0.3) is 0 Å². The zero-order valence-corrected chi connectivity index (χ0v) is 22.1. The van der Waals surface area contributed by atoms with Gasteiger partial charge in [-0.1, -0.05) is 37.1 Å². The Bertz CT molecular complexity index is 1440. The summed E-state index contributed by atoms with van der Waals surface area (Å²) in [6.45, 7) is 2.88. The molecule has 2 aliphatic rings. The number of aromatic hydroxyl groups is 1. The number of nitriles is 1. The molecule has 1 aliphatic carbocycles. The van der Waals surface area contributed by atoms with Gasteiger partial charge >= 0.3 is 0 Å². The van der Waals surface area contributed by atoms with E-state index < -0.39 is 17.3 Å². The highest BCUT2D eigenvalue weighted by Gasteiger charge is 2.39. The van der Waals surface area contributed by atoms with Crippen molar-refractivity contribution in [1.29, 1.82) is 5.26 Å². The van der Waals surface area contributed by atoms with Crippen molar-refractivity contribution in [1.82, 2.24) is 19.4 Å². The van der Waals surface area contributed by atoms with E-state index in [1.807, 2.05) is 25.1 Å². The van der Waals surface area contributed by atoms with Crippen molar-refractivity contribution < 1.29 is 9.90 Å². The maximum absolute atomic E-state index is 14.1. The summed E-state index contributed by atoms with van der Waals surface area (Å²) in [6, 6.07) is 12.7. The molecule has 2 unspecified atom stereocenters. The van der Waals surface area contributed by atoms with E-state index in [9.17, 15) is 20.0 Å². The van der Waals surface area contributed by atoms with Crippen LogP contribution in [-0.2, 0) is 6.42 Å². The molecule has 1 saturated heterocycles. The molecule has 1 amide bonds. The normalized spacial score (nSPS) is 17.8. The smallest absolute Gasteiger partial charge is 0.270 e. The number of carbonyl (C=O) groups excluding carboxylic acids is 1. The standard InChI is InChI=1S/C29H30ClN5O3/c1-2-3-7-24-33-27(36)25(28(37)34-13-12-21(17-34)23-11-10-22(30)16-32-23)29(38)35(24)26(19-8-9-19)20-6-4-5-18(14-20)15-31/h4-6,10-11,14,16,19,21,26,36H,2-3,7-9,12-13,17H2,1H3. The van der Waals surface area contributed by atoms with Gasteiger partial charge in [0, 0.05) is 37.3 Å². The van der Waals surface area contributed by atoms with Crippen LogP contribution in [-0.4, -0.2) is 43.5 Å². The molecule has 9 heteroatoms. The Morgan fingerprint density at radius 1 is 1.26 bits per heavy atom. The van der Waals surface area contributed by atoms with Crippen LogP contribution in [0.2, 0.25) is 5.02 Å². The number of hydrogen-bond donors (Lipinski definition) is 1. The van der Waals surface area contributed by atoms with Gasteiger partial charge in [0.25, 0.3) is 11.5 Å². The molecule has 2 atom stereocenters. The van der Waals surface area contributed by atoms with Crippen LogP contribution >= 0.6 is 11.6 Å². The van der Waals surface area contributed by atoms with E-state index in [2.05, 4.69) is 16.0 Å². The largest absolute Gasteiger partial charge is 0.493 e. The van der Waals surface area contributed by atoms with Crippen molar-refractivity contribution in [2.45, 2.75) is 57.4 Å². The Morgan fingerprint density at radius 3 is 2.76 bits per heavy atom. The number of halogens is 1. The first kappa shape index (κ1) is 25.9. The van der Waals surface area contributed by atoms with Gasteiger partial charge in [-0.3, -0.25) is 19.1 Å². The Morgan fingerprint density at radius 2 is 2.08 bits per heavy atom. The van der Waals surface area contributed by atoms with Crippen LogP contribution < -0.4 is 5.56 Å². The lowest BCUT2D eigenvalue weighted by Gasteiger charge is -2.25. The summed E-state index contributed by atoms with van der Waals surface area (Å²) in [5.74, 6) is -0.355. The minimum absolute atomic E-state index is 0.0188. The molecule has 5 rings (SSSR count). The number of benzene rings is 1. The number of unbranched alkanes of at least 4 members (excludes halogenated alkanes) is 1. The lowest BCUT2D eigenvalue weighted by molar-refractivity contribution is 0.0783. The van der Waals surface area contributed by atoms with Crippen molar-refractivity contribution in [2.24, 2.45) is 5.92 Å². The predicted octanol–water partition coefficient (Wildman–Crippen LogP) is 4.84. The second-order valence-corrected chi connectivity index (χ2v) is 10.6. The summed E-state index contributed by atoms with van der Waals surface area (Å²) in [5, 5.41) is 20.9. The summed E-state index contributed by atoms with van der Waals surface area (Å²) in [4.78, 5) is 38.2. The molecule has 1 saturated carbocycles. The zero-order chi connectivity index (χ0) is 26.8. The molecule has 8 nitrogen and oxygen atoms in total. The number of hydrogen-bond acceptors (Lipinski definition) is 6. The van der Waals surface area contributed by atoms with Gasteiger partial charge in [-0.2, -0.15) is 10.2 Å². The summed E-state index contributed by atoms with van der Waals surface area (Å²) in [5.41, 5.74) is 1.37. The van der Waals surface area contributed by atoms with Gasteiger partial charge in [-0.05, 0) is 61.4 Å². The Balaban J connectivity index is 1.54. The van der Waals surface area contributed by atoms with Gasteiger partial charge in [-0.15, -0.1) is 0 Å². The Hall–Kier alpha value is -3.70. The summed E-state index contributed by atoms with van der Waals surface area (Å²) >= 11 is 5.97. The minimum Gasteiger partial charge on any atom is -0.493 e. The number of nitrogens with zero attached hydrogens (tertiary/aromatic N) is 5. The third-order valence-electron chi connectivity index (χ3n) is 7.49. The molecule has 0 radical (unpaired) electrons. The van der Waals surface area contributed by atoms with Crippen LogP contribution in [0.15, 0.2) is 47.4 Å². The molecular formula is C29H30ClN5O3. The van der Waals surface area contributed by atoms with Crippen LogP contribution in [0, 0.1) is 17.2 Å². The van der Waals surface area contributed by atoms with Crippen molar-refractivity contribution in [3.05, 3.63) is 86.2 Å². The molecular weight excluding hydrogens is 502 g/mol. The minimum atomic E-state index is -0.527. The van der Waals surface area contributed by atoms with Gasteiger partial charge in [0.15, 0.2) is 5.56 Å². The van der Waals surface area contributed by atoms with Crippen LogP contribution in [0.4, 0.5) is 0 Å². The fourth-order valence-corrected chi connectivity index (χ4v) is 5.47. The molecule has 3 heterocycles. The molecule has 3 aromatic rings. The fourth-order valence-electron chi connectivity index (χ4n) is 5.36. The molecule has 0 spiro atoms. The van der Waals surface area contributed by atoms with Crippen molar-refractivity contribution >= 4 is 17.5 Å². The molecule has 2 fully saturated rings. The van der Waals surface area contributed by atoms with Gasteiger partial charge in [0.05, 0.1) is 22.7 Å². The topological polar surface area (TPSA) is 112 Å². The van der Waals surface area contributed by atoms with Gasteiger partial charge in [0.2, 0.25) is 5.88 Å². The molecule has 0 bridgehead atoms. The van der Waals surface area contributed by atoms with Gasteiger partial charge < -0.3 is 10.0 Å². The molecule has 38 heavy (non-hydrogen) atoms. The lowest BCUT2D eigenvalue weighted by atomic mass is 9.99. The maximum atomic E-state index is 14.1. The highest BCUT2D eigenvalue weighted by Crippen LogP contribution is 2.44. The molecule has 1 N–H and O–H groups in total. The van der Waals surface area contributed by atoms with E-state index >= 15 is 0 Å². The molecule has 2 aromatic heterocycles. The monoisotopic (exact) mass is 531 g/mol. The van der Waals surface area contributed by atoms with Crippen LogP contribution in [0.1, 0.15) is 84.0 Å². The number of pyridine rings is 1. The maximum Gasteiger partial charge on any atom is 0.270 e. The van der Waals surface area contributed by atoms with E-state index in [4.69, 9.17) is 11.6 Å². The molecule has 1 aliphatic heterocycles. The van der Waals surface area contributed by atoms with E-state index in [0.717, 1.165) is 36.9 Å². The van der Waals surface area contributed by atoms with E-state index in [0.29, 0.717) is 42.3 Å². The first-order valence-electron chi connectivity index (χ1n) is 13.2. The van der Waals surface area contributed by atoms with E-state index in [-0.39, 0.29) is 23.4 Å². The van der Waals surface area contributed by atoms with Crippen molar-refractivity contribution in [3.63, 3.8) is 0 Å². The second-order valence-electron chi connectivity index (χ2n) is 10.2. The SMILES string of the molecule is CCCCc1nc(O)c(C(=O)N2CCC(c3ccc(Cl)cn3)C2)c(=O)n1C(c1cccc(C#N)c1)C1CC1. The van der Waals surface area contributed by atoms with E-state index in [1.54, 1.807) is 33.9 Å². The number of rotatable bonds is 8. The number of aryl methyl sites for hydroxylation is 1. The quantitative estimate of drug-likeness (QED) is 0.445. The van der Waals surface area contributed by atoms with Crippen molar-refractivity contribution in [3.8, 4) is 11.9 Å². The lowest BCUT2D eigenvalue weighted by Crippen LogP contribution is -2.39. The van der Waals surface area contributed by atoms with Gasteiger partial charge in [0.1, 0.15) is 5.82 Å². The number of carbonyl (C=O) groups is 1.